The van der Waals surface area contributed by atoms with E-state index in [1.807, 2.05) is 24.3 Å². The van der Waals surface area contributed by atoms with E-state index in [0.717, 1.165) is 23.7 Å². The zero-order valence-electron chi connectivity index (χ0n) is 14.2. The Morgan fingerprint density at radius 3 is 2.83 bits per heavy atom. The minimum atomic E-state index is -0.508. The minimum Gasteiger partial charge on any atom is -0.451 e. The van der Waals surface area contributed by atoms with Crippen LogP contribution < -0.4 is 5.32 Å². The molecule has 3 atom stereocenters. The Morgan fingerprint density at radius 1 is 1.25 bits per heavy atom. The number of fused-ring (bicyclic) bond motifs is 1. The van der Waals surface area contributed by atoms with Crippen molar-refractivity contribution in [1.82, 2.24) is 10.3 Å². The van der Waals surface area contributed by atoms with Crippen molar-refractivity contribution in [3.8, 4) is 0 Å². The minimum absolute atomic E-state index is 0.174. The first-order valence-electron chi connectivity index (χ1n) is 8.59. The first kappa shape index (κ1) is 16.6. The average molecular weight is 328 g/mol. The predicted octanol–water partition coefficient (Wildman–Crippen LogP) is 3.27. The van der Waals surface area contributed by atoms with Crippen LogP contribution in [0.1, 0.15) is 43.6 Å². The summed E-state index contributed by atoms with van der Waals surface area (Å²) in [4.78, 5) is 27.2. The van der Waals surface area contributed by atoms with Gasteiger partial charge in [0.1, 0.15) is 5.69 Å². The normalized spacial score (nSPS) is 23.8. The summed E-state index contributed by atoms with van der Waals surface area (Å²) in [6, 6.07) is 9.53. The number of aromatic nitrogens is 1. The molecule has 1 amide bonds. The van der Waals surface area contributed by atoms with Crippen LogP contribution in [0.3, 0.4) is 0 Å². The number of aromatic amines is 1. The fourth-order valence-electron chi connectivity index (χ4n) is 3.43. The van der Waals surface area contributed by atoms with Crippen LogP contribution >= 0.6 is 0 Å². The Bertz CT molecular complexity index is 704. The van der Waals surface area contributed by atoms with Crippen molar-refractivity contribution in [2.75, 3.05) is 6.61 Å². The molecule has 1 aliphatic carbocycles. The van der Waals surface area contributed by atoms with Gasteiger partial charge in [-0.1, -0.05) is 44.9 Å². The molecular formula is C19H24N2O3. The van der Waals surface area contributed by atoms with E-state index in [4.69, 9.17) is 4.74 Å². The molecule has 1 fully saturated rings. The number of esters is 1. The molecule has 24 heavy (non-hydrogen) atoms. The van der Waals surface area contributed by atoms with Gasteiger partial charge in [-0.05, 0) is 30.4 Å². The van der Waals surface area contributed by atoms with E-state index in [2.05, 4.69) is 24.1 Å². The van der Waals surface area contributed by atoms with E-state index in [0.29, 0.717) is 17.5 Å². The zero-order chi connectivity index (χ0) is 17.1. The molecule has 5 nitrogen and oxygen atoms in total. The van der Waals surface area contributed by atoms with Crippen LogP contribution in [-0.2, 0) is 9.53 Å². The van der Waals surface area contributed by atoms with Gasteiger partial charge < -0.3 is 15.0 Å². The van der Waals surface area contributed by atoms with Gasteiger partial charge in [-0.3, -0.25) is 4.79 Å². The van der Waals surface area contributed by atoms with Gasteiger partial charge in [0.25, 0.3) is 5.91 Å². The topological polar surface area (TPSA) is 71.2 Å². The van der Waals surface area contributed by atoms with Gasteiger partial charge in [-0.15, -0.1) is 0 Å². The second-order valence-electron chi connectivity index (χ2n) is 6.79. The molecule has 1 heterocycles. The highest BCUT2D eigenvalue weighted by Crippen LogP contribution is 2.29. The molecular weight excluding hydrogens is 304 g/mol. The van der Waals surface area contributed by atoms with Crippen molar-refractivity contribution >= 4 is 22.8 Å². The molecule has 2 aromatic rings. The lowest BCUT2D eigenvalue weighted by atomic mass is 9.78. The summed E-state index contributed by atoms with van der Waals surface area (Å²) in [5.74, 6) is 0.321. The number of ether oxygens (including phenoxy) is 1. The van der Waals surface area contributed by atoms with E-state index in [9.17, 15) is 9.59 Å². The number of nitrogens with one attached hydrogen (secondary N) is 2. The van der Waals surface area contributed by atoms with Crippen molar-refractivity contribution in [3.05, 3.63) is 36.0 Å². The molecule has 3 rings (SSSR count). The summed E-state index contributed by atoms with van der Waals surface area (Å²) in [6.45, 7) is 4.15. The fraction of sp³-hybridized carbons (Fsp3) is 0.474. The van der Waals surface area contributed by atoms with E-state index < -0.39 is 5.97 Å². The number of hydrogen-bond acceptors (Lipinski definition) is 3. The standard InChI is InChI=1S/C19H24N2O3/c1-12-6-5-9-15(13(12)2)21-18(22)11-24-19(23)17-10-14-7-3-4-8-16(14)20-17/h3-4,7-8,10,12-13,15,20H,5-6,9,11H2,1-2H3,(H,21,22)/t12-,13-,15-/m1/s1. The van der Waals surface area contributed by atoms with Gasteiger partial charge in [0.15, 0.2) is 6.61 Å². The van der Waals surface area contributed by atoms with Crippen LogP contribution in [0.15, 0.2) is 30.3 Å². The number of carbonyl (C=O) groups is 2. The summed E-state index contributed by atoms with van der Waals surface area (Å²) in [5.41, 5.74) is 1.24. The molecule has 1 aliphatic rings. The lowest BCUT2D eigenvalue weighted by Gasteiger charge is -2.34. The van der Waals surface area contributed by atoms with Crippen LogP contribution in [-0.4, -0.2) is 29.5 Å². The van der Waals surface area contributed by atoms with Crippen molar-refractivity contribution in [2.24, 2.45) is 11.8 Å². The Hall–Kier alpha value is -2.30. The molecule has 0 radical (unpaired) electrons. The Balaban J connectivity index is 1.53. The van der Waals surface area contributed by atoms with Gasteiger partial charge in [-0.2, -0.15) is 0 Å². The molecule has 1 aromatic heterocycles. The van der Waals surface area contributed by atoms with Crippen LogP contribution in [0.4, 0.5) is 0 Å². The summed E-state index contributed by atoms with van der Waals surface area (Å²) in [7, 11) is 0. The molecule has 1 aromatic carbocycles. The Kier molecular flexibility index (Phi) is 4.88. The highest BCUT2D eigenvalue weighted by Gasteiger charge is 2.28. The third-order valence-electron chi connectivity index (χ3n) is 5.14. The third kappa shape index (κ3) is 3.61. The van der Waals surface area contributed by atoms with Crippen molar-refractivity contribution in [3.63, 3.8) is 0 Å². The van der Waals surface area contributed by atoms with Crippen LogP contribution in [0, 0.1) is 11.8 Å². The maximum absolute atomic E-state index is 12.1. The second kappa shape index (κ2) is 7.07. The average Bonchev–Trinajstić information content (AvgIpc) is 3.01. The van der Waals surface area contributed by atoms with Gasteiger partial charge in [0.05, 0.1) is 0 Å². The summed E-state index contributed by atoms with van der Waals surface area (Å²) >= 11 is 0. The van der Waals surface area contributed by atoms with Crippen molar-refractivity contribution in [1.29, 1.82) is 0 Å². The van der Waals surface area contributed by atoms with E-state index >= 15 is 0 Å². The predicted molar refractivity (Wildman–Crippen MR) is 92.7 cm³/mol. The monoisotopic (exact) mass is 328 g/mol. The smallest absolute Gasteiger partial charge is 0.355 e. The number of rotatable bonds is 4. The highest BCUT2D eigenvalue weighted by molar-refractivity contribution is 5.95. The van der Waals surface area contributed by atoms with E-state index in [1.54, 1.807) is 6.07 Å². The maximum Gasteiger partial charge on any atom is 0.355 e. The lowest BCUT2D eigenvalue weighted by Crippen LogP contribution is -2.45. The Morgan fingerprint density at radius 2 is 2.04 bits per heavy atom. The van der Waals surface area contributed by atoms with Gasteiger partial charge in [-0.25, -0.2) is 4.79 Å². The van der Waals surface area contributed by atoms with Crippen LogP contribution in [0.25, 0.3) is 10.9 Å². The fourth-order valence-corrected chi connectivity index (χ4v) is 3.43. The van der Waals surface area contributed by atoms with E-state index in [-0.39, 0.29) is 18.6 Å². The van der Waals surface area contributed by atoms with E-state index in [1.165, 1.54) is 6.42 Å². The molecule has 0 unspecified atom stereocenters. The molecule has 1 saturated carbocycles. The quantitative estimate of drug-likeness (QED) is 0.846. The van der Waals surface area contributed by atoms with Crippen molar-refractivity contribution < 1.29 is 14.3 Å². The number of H-pyrrole nitrogens is 1. The molecule has 0 saturated heterocycles. The first-order chi connectivity index (χ1) is 11.5. The van der Waals surface area contributed by atoms with Crippen LogP contribution in [0.2, 0.25) is 0 Å². The highest BCUT2D eigenvalue weighted by atomic mass is 16.5. The SMILES string of the molecule is C[C@@H]1[C@H](C)CCC[C@H]1NC(=O)COC(=O)c1cc2ccccc2[nH]1. The molecule has 0 bridgehead atoms. The zero-order valence-corrected chi connectivity index (χ0v) is 14.2. The maximum atomic E-state index is 12.1. The van der Waals surface area contributed by atoms with Gasteiger partial charge in [0.2, 0.25) is 0 Å². The largest absolute Gasteiger partial charge is 0.451 e. The number of hydrogen-bond donors (Lipinski definition) is 2. The number of benzene rings is 1. The third-order valence-corrected chi connectivity index (χ3v) is 5.14. The Labute approximate surface area is 141 Å². The number of carbonyl (C=O) groups excluding carboxylic acids is 2. The second-order valence-corrected chi connectivity index (χ2v) is 6.79. The first-order valence-corrected chi connectivity index (χ1v) is 8.59. The molecule has 2 N–H and O–H groups in total. The lowest BCUT2D eigenvalue weighted by molar-refractivity contribution is -0.125. The summed E-state index contributed by atoms with van der Waals surface area (Å²) in [5, 5.41) is 3.95. The van der Waals surface area contributed by atoms with Gasteiger partial charge >= 0.3 is 5.97 Å². The number of amides is 1. The summed E-state index contributed by atoms with van der Waals surface area (Å²) < 4.78 is 5.14. The van der Waals surface area contributed by atoms with Gasteiger partial charge in [0, 0.05) is 16.9 Å². The molecule has 5 heteroatoms. The molecule has 0 aliphatic heterocycles. The molecule has 0 spiro atoms. The summed E-state index contributed by atoms with van der Waals surface area (Å²) in [6.07, 6.45) is 3.33. The number of para-hydroxylation sites is 1. The van der Waals surface area contributed by atoms with Crippen molar-refractivity contribution in [2.45, 2.75) is 39.2 Å². The molecule has 128 valence electrons. The van der Waals surface area contributed by atoms with Crippen LogP contribution in [0.5, 0.6) is 0 Å².